The molecular weight excluding hydrogens is 293 g/mol. The molecule has 0 N–H and O–H groups in total. The van der Waals surface area contributed by atoms with Crippen LogP contribution in [0.4, 0.5) is 10.2 Å². The van der Waals surface area contributed by atoms with Crippen LogP contribution in [0.1, 0.15) is 5.56 Å². The molecule has 2 aromatic carbocycles. The molecule has 0 unspecified atom stereocenters. The van der Waals surface area contributed by atoms with Gasteiger partial charge in [-0.3, -0.25) is 0 Å². The lowest BCUT2D eigenvalue weighted by Gasteiger charge is -2.19. The molecule has 0 radical (unpaired) electrons. The van der Waals surface area contributed by atoms with Gasteiger partial charge in [-0.1, -0.05) is 17.7 Å². The predicted molar refractivity (Wildman–Crippen MR) is 89.4 cm³/mol. The van der Waals surface area contributed by atoms with Crippen molar-refractivity contribution in [1.29, 1.82) is 0 Å². The van der Waals surface area contributed by atoms with E-state index in [-0.39, 0.29) is 5.82 Å². The van der Waals surface area contributed by atoms with E-state index >= 15 is 0 Å². The Hall–Kier alpha value is -2.69. The predicted octanol–water partition coefficient (Wildman–Crippen LogP) is 3.59. The van der Waals surface area contributed by atoms with Crippen LogP contribution in [0.2, 0.25) is 0 Å². The van der Waals surface area contributed by atoms with Gasteiger partial charge in [0.05, 0.1) is 12.1 Å². The molecule has 1 aromatic heterocycles. The first-order valence-electron chi connectivity index (χ1n) is 7.44. The molecule has 3 aromatic rings. The normalized spacial score (nSPS) is 10.7. The molecule has 5 heteroatoms. The van der Waals surface area contributed by atoms with Gasteiger partial charge in [0.15, 0.2) is 0 Å². The van der Waals surface area contributed by atoms with Gasteiger partial charge in [-0.2, -0.15) is 0 Å². The highest BCUT2D eigenvalue weighted by Crippen LogP contribution is 2.22. The second kappa shape index (κ2) is 6.60. The molecule has 0 bridgehead atoms. The minimum Gasteiger partial charge on any atom is -0.492 e. The smallest absolute Gasteiger partial charge is 0.139 e. The summed E-state index contributed by atoms with van der Waals surface area (Å²) < 4.78 is 19.2. The first kappa shape index (κ1) is 15.2. The number of hydrogen-bond acceptors (Lipinski definition) is 4. The van der Waals surface area contributed by atoms with Crippen molar-refractivity contribution >= 4 is 16.7 Å². The van der Waals surface area contributed by atoms with Crippen molar-refractivity contribution in [2.24, 2.45) is 0 Å². The molecule has 0 spiro atoms. The van der Waals surface area contributed by atoms with E-state index < -0.39 is 0 Å². The molecule has 0 atom stereocenters. The number of fused-ring (bicyclic) bond motifs is 1. The van der Waals surface area contributed by atoms with Gasteiger partial charge in [0.2, 0.25) is 0 Å². The van der Waals surface area contributed by atoms with Crippen molar-refractivity contribution in [3.8, 4) is 5.75 Å². The summed E-state index contributed by atoms with van der Waals surface area (Å²) in [5.74, 6) is 1.24. The molecule has 118 valence electrons. The zero-order valence-corrected chi connectivity index (χ0v) is 13.2. The Morgan fingerprint density at radius 2 is 1.87 bits per heavy atom. The molecule has 0 amide bonds. The van der Waals surface area contributed by atoms with Crippen molar-refractivity contribution < 1.29 is 9.13 Å². The van der Waals surface area contributed by atoms with Gasteiger partial charge in [0.25, 0.3) is 0 Å². The monoisotopic (exact) mass is 311 g/mol. The number of nitrogens with zero attached hydrogens (tertiary/aromatic N) is 3. The fraction of sp³-hybridized carbons (Fsp3) is 0.222. The Balaban J connectivity index is 1.69. The van der Waals surface area contributed by atoms with Crippen molar-refractivity contribution in [3.63, 3.8) is 0 Å². The van der Waals surface area contributed by atoms with Crippen molar-refractivity contribution in [2.45, 2.75) is 6.92 Å². The maximum Gasteiger partial charge on any atom is 0.139 e. The third-order valence-electron chi connectivity index (χ3n) is 3.65. The maximum atomic E-state index is 13.5. The van der Waals surface area contributed by atoms with Gasteiger partial charge < -0.3 is 9.64 Å². The Morgan fingerprint density at radius 1 is 1.09 bits per heavy atom. The third kappa shape index (κ3) is 3.56. The van der Waals surface area contributed by atoms with Gasteiger partial charge in [0, 0.05) is 12.4 Å². The molecule has 0 saturated carbocycles. The number of halogens is 1. The summed E-state index contributed by atoms with van der Waals surface area (Å²) >= 11 is 0. The lowest BCUT2D eigenvalue weighted by atomic mass is 10.2. The zero-order valence-electron chi connectivity index (χ0n) is 13.2. The summed E-state index contributed by atoms with van der Waals surface area (Å²) in [6, 6.07) is 12.4. The second-order valence-electron chi connectivity index (χ2n) is 5.44. The summed E-state index contributed by atoms with van der Waals surface area (Å²) in [6.45, 7) is 3.19. The molecule has 4 nitrogen and oxygen atoms in total. The van der Waals surface area contributed by atoms with Crippen LogP contribution in [-0.4, -0.2) is 30.2 Å². The number of benzene rings is 2. The Bertz CT molecular complexity index is 805. The number of rotatable bonds is 5. The molecule has 0 fully saturated rings. The molecule has 1 heterocycles. The SMILES string of the molecule is Cc1ccc(OCCN(C)c2ncnc3ccc(F)cc23)cc1. The van der Waals surface area contributed by atoms with Crippen LogP contribution in [0.5, 0.6) is 5.75 Å². The van der Waals surface area contributed by atoms with Crippen LogP contribution >= 0.6 is 0 Å². The Kier molecular flexibility index (Phi) is 4.37. The molecule has 0 aliphatic heterocycles. The summed E-state index contributed by atoms with van der Waals surface area (Å²) in [7, 11) is 1.91. The van der Waals surface area contributed by atoms with Crippen molar-refractivity contribution in [2.75, 3.05) is 25.1 Å². The van der Waals surface area contributed by atoms with Crippen LogP contribution in [0.15, 0.2) is 48.8 Å². The lowest BCUT2D eigenvalue weighted by molar-refractivity contribution is 0.325. The third-order valence-corrected chi connectivity index (χ3v) is 3.65. The van der Waals surface area contributed by atoms with Gasteiger partial charge in [-0.15, -0.1) is 0 Å². The Labute approximate surface area is 134 Å². The molecule has 23 heavy (non-hydrogen) atoms. The largest absolute Gasteiger partial charge is 0.492 e. The standard InChI is InChI=1S/C18H18FN3O/c1-13-3-6-15(7-4-13)23-10-9-22(2)18-16-11-14(19)5-8-17(16)20-12-21-18/h3-8,11-12H,9-10H2,1-2H3. The Morgan fingerprint density at radius 3 is 2.65 bits per heavy atom. The second-order valence-corrected chi connectivity index (χ2v) is 5.44. The van der Waals surface area contributed by atoms with Crippen LogP contribution in [-0.2, 0) is 0 Å². The highest BCUT2D eigenvalue weighted by molar-refractivity contribution is 5.89. The number of aromatic nitrogens is 2. The van der Waals surface area contributed by atoms with E-state index in [4.69, 9.17) is 4.74 Å². The van der Waals surface area contributed by atoms with E-state index in [0.29, 0.717) is 24.4 Å². The number of hydrogen-bond donors (Lipinski definition) is 0. The highest BCUT2D eigenvalue weighted by atomic mass is 19.1. The minimum absolute atomic E-state index is 0.294. The number of aryl methyl sites for hydroxylation is 1. The van der Waals surface area contributed by atoms with Crippen molar-refractivity contribution in [3.05, 3.63) is 60.2 Å². The van der Waals surface area contributed by atoms with Crippen LogP contribution in [0.25, 0.3) is 10.9 Å². The molecule has 0 aliphatic carbocycles. The van der Waals surface area contributed by atoms with Gasteiger partial charge >= 0.3 is 0 Å². The number of likely N-dealkylation sites (N-methyl/N-ethyl adjacent to an activating group) is 1. The summed E-state index contributed by atoms with van der Waals surface area (Å²) in [4.78, 5) is 10.4. The maximum absolute atomic E-state index is 13.5. The fourth-order valence-corrected chi connectivity index (χ4v) is 2.36. The van der Waals surface area contributed by atoms with Gasteiger partial charge in [-0.25, -0.2) is 14.4 Å². The van der Waals surface area contributed by atoms with Crippen LogP contribution in [0, 0.1) is 12.7 Å². The fourth-order valence-electron chi connectivity index (χ4n) is 2.36. The molecule has 0 saturated heterocycles. The van der Waals surface area contributed by atoms with Gasteiger partial charge in [0.1, 0.15) is 30.3 Å². The quantitative estimate of drug-likeness (QED) is 0.722. The summed E-state index contributed by atoms with van der Waals surface area (Å²) in [5, 5.41) is 0.699. The van der Waals surface area contributed by atoms with Crippen molar-refractivity contribution in [1.82, 2.24) is 9.97 Å². The molecule has 0 aliphatic rings. The minimum atomic E-state index is -0.294. The van der Waals surface area contributed by atoms with Gasteiger partial charge in [-0.05, 0) is 37.3 Å². The molecule has 3 rings (SSSR count). The van der Waals surface area contributed by atoms with E-state index in [9.17, 15) is 4.39 Å². The zero-order chi connectivity index (χ0) is 16.2. The van der Waals surface area contributed by atoms with E-state index in [1.54, 1.807) is 6.07 Å². The van der Waals surface area contributed by atoms with E-state index in [1.807, 2.05) is 43.1 Å². The first-order chi connectivity index (χ1) is 11.1. The summed E-state index contributed by atoms with van der Waals surface area (Å²) in [5.41, 5.74) is 1.92. The topological polar surface area (TPSA) is 38.2 Å². The average Bonchev–Trinajstić information content (AvgIpc) is 2.56. The molecular formula is C18H18FN3O. The van der Waals surface area contributed by atoms with Crippen LogP contribution in [0.3, 0.4) is 0 Å². The van der Waals surface area contributed by atoms with E-state index in [0.717, 1.165) is 11.3 Å². The lowest BCUT2D eigenvalue weighted by Crippen LogP contribution is -2.25. The average molecular weight is 311 g/mol. The van der Waals surface area contributed by atoms with E-state index in [1.165, 1.54) is 24.0 Å². The number of anilines is 1. The van der Waals surface area contributed by atoms with E-state index in [2.05, 4.69) is 9.97 Å². The van der Waals surface area contributed by atoms with Crippen LogP contribution < -0.4 is 9.64 Å². The highest BCUT2D eigenvalue weighted by Gasteiger charge is 2.09. The summed E-state index contributed by atoms with van der Waals surface area (Å²) in [6.07, 6.45) is 1.49. The number of ether oxygens (including phenoxy) is 1. The first-order valence-corrected chi connectivity index (χ1v) is 7.44.